The van der Waals surface area contributed by atoms with E-state index in [0.29, 0.717) is 19.3 Å². The van der Waals surface area contributed by atoms with E-state index in [1.807, 2.05) is 6.08 Å². The van der Waals surface area contributed by atoms with Crippen molar-refractivity contribution in [1.29, 1.82) is 0 Å². The zero-order valence-corrected chi connectivity index (χ0v) is 45.8. The molecule has 0 aliphatic carbocycles. The molecule has 6 nitrogen and oxygen atoms in total. The van der Waals surface area contributed by atoms with Gasteiger partial charge in [-0.25, -0.2) is 0 Å². The van der Waals surface area contributed by atoms with Crippen LogP contribution < -0.4 is 0 Å². The molecule has 0 rings (SSSR count). The van der Waals surface area contributed by atoms with Crippen molar-refractivity contribution in [3.63, 3.8) is 0 Å². The summed E-state index contributed by atoms with van der Waals surface area (Å²) in [6.07, 6.45) is 72.7. The Bertz CT molecular complexity index is 1250. The minimum Gasteiger partial charge on any atom is -0.462 e. The van der Waals surface area contributed by atoms with E-state index < -0.39 is 6.10 Å². The molecular weight excluding hydrogens is 853 g/mol. The van der Waals surface area contributed by atoms with Gasteiger partial charge in [0, 0.05) is 19.3 Å². The Balaban J connectivity index is 4.11. The predicted octanol–water partition coefficient (Wildman–Crippen LogP) is 20.0. The number of esters is 3. The predicted molar refractivity (Wildman–Crippen MR) is 298 cm³/mol. The summed E-state index contributed by atoms with van der Waals surface area (Å²) in [4.78, 5) is 37.9. The van der Waals surface area contributed by atoms with E-state index in [4.69, 9.17) is 14.2 Å². The number of ether oxygens (including phenoxy) is 3. The van der Waals surface area contributed by atoms with Gasteiger partial charge in [-0.05, 0) is 70.6 Å². The third kappa shape index (κ3) is 55.9. The molecule has 69 heavy (non-hydrogen) atoms. The van der Waals surface area contributed by atoms with Crippen LogP contribution in [0.4, 0.5) is 0 Å². The first-order valence-electron chi connectivity index (χ1n) is 29.8. The monoisotopic (exact) mass is 965 g/mol. The first-order chi connectivity index (χ1) is 34.0. The summed E-state index contributed by atoms with van der Waals surface area (Å²) >= 11 is 0. The molecule has 0 radical (unpaired) electrons. The Labute approximate surface area is 428 Å². The highest BCUT2D eigenvalue weighted by molar-refractivity contribution is 5.71. The lowest BCUT2D eigenvalue weighted by Gasteiger charge is -2.18. The molecule has 0 aromatic carbocycles. The Morgan fingerprint density at radius 3 is 0.942 bits per heavy atom. The standard InChI is InChI=1S/C63H112O6/c1-4-7-10-13-16-19-21-23-24-25-26-27-28-29-30-31-32-33-34-35-36-37-38-40-41-44-47-50-53-56-62(65)68-59-60(58-67-61(64)55-52-49-46-43-18-15-12-9-6-3)69-63(66)57-54-51-48-45-42-39-22-20-17-14-11-8-5-2/h8,11,17,20,25-26,39,42,48,51,60H,4-7,9-10,12-16,18-19,21-24,27-38,40-41,43-47,49-50,52-59H2,1-3H3/b11-8-,20-17-,26-25-,42-39-,51-48-. The lowest BCUT2D eigenvalue weighted by molar-refractivity contribution is -0.166. The Kier molecular flexibility index (Phi) is 55.3. The fraction of sp³-hybridized carbons (Fsp3) is 0.794. The average Bonchev–Trinajstić information content (AvgIpc) is 3.35. The Hall–Kier alpha value is -2.89. The highest BCUT2D eigenvalue weighted by Gasteiger charge is 2.19. The Morgan fingerprint density at radius 1 is 0.304 bits per heavy atom. The zero-order chi connectivity index (χ0) is 50.0. The number of rotatable bonds is 54. The van der Waals surface area contributed by atoms with Crippen LogP contribution in [0.25, 0.3) is 0 Å². The average molecular weight is 966 g/mol. The second-order valence-electron chi connectivity index (χ2n) is 19.9. The van der Waals surface area contributed by atoms with Gasteiger partial charge in [0.15, 0.2) is 6.10 Å². The van der Waals surface area contributed by atoms with Crippen molar-refractivity contribution in [2.24, 2.45) is 0 Å². The third-order valence-electron chi connectivity index (χ3n) is 13.0. The number of hydrogen-bond acceptors (Lipinski definition) is 6. The van der Waals surface area contributed by atoms with Crippen molar-refractivity contribution in [3.05, 3.63) is 60.8 Å². The zero-order valence-electron chi connectivity index (χ0n) is 45.8. The van der Waals surface area contributed by atoms with Crippen LogP contribution in [0, 0.1) is 0 Å². The summed E-state index contributed by atoms with van der Waals surface area (Å²) in [5.74, 6) is -0.975. The third-order valence-corrected chi connectivity index (χ3v) is 13.0. The van der Waals surface area contributed by atoms with E-state index in [0.717, 1.165) is 64.2 Å². The first-order valence-corrected chi connectivity index (χ1v) is 29.8. The minimum absolute atomic E-state index is 0.0996. The van der Waals surface area contributed by atoms with Gasteiger partial charge < -0.3 is 14.2 Å². The topological polar surface area (TPSA) is 78.9 Å². The molecule has 0 saturated carbocycles. The van der Waals surface area contributed by atoms with Crippen molar-refractivity contribution in [2.75, 3.05) is 13.2 Å². The molecule has 1 atom stereocenters. The molecule has 400 valence electrons. The van der Waals surface area contributed by atoms with E-state index in [-0.39, 0.29) is 37.5 Å². The molecule has 0 heterocycles. The van der Waals surface area contributed by atoms with Crippen LogP contribution in [-0.4, -0.2) is 37.2 Å². The summed E-state index contributed by atoms with van der Waals surface area (Å²) in [5.41, 5.74) is 0. The smallest absolute Gasteiger partial charge is 0.306 e. The van der Waals surface area contributed by atoms with Gasteiger partial charge in [-0.1, -0.05) is 274 Å². The maximum atomic E-state index is 12.7. The molecule has 6 heteroatoms. The van der Waals surface area contributed by atoms with Gasteiger partial charge in [0.25, 0.3) is 0 Å². The van der Waals surface area contributed by atoms with Gasteiger partial charge in [-0.15, -0.1) is 0 Å². The van der Waals surface area contributed by atoms with Crippen LogP contribution in [0.1, 0.15) is 303 Å². The molecule has 0 saturated heterocycles. The number of hydrogen-bond donors (Lipinski definition) is 0. The number of unbranched alkanes of at least 4 members (excludes halogenated alkanes) is 33. The quantitative estimate of drug-likeness (QED) is 0.0262. The summed E-state index contributed by atoms with van der Waals surface area (Å²) in [7, 11) is 0. The summed E-state index contributed by atoms with van der Waals surface area (Å²) in [6, 6.07) is 0. The van der Waals surface area contributed by atoms with Crippen molar-refractivity contribution < 1.29 is 28.6 Å². The summed E-state index contributed by atoms with van der Waals surface area (Å²) in [5, 5.41) is 0. The lowest BCUT2D eigenvalue weighted by Crippen LogP contribution is -2.30. The summed E-state index contributed by atoms with van der Waals surface area (Å²) in [6.45, 7) is 6.46. The minimum atomic E-state index is -0.808. The fourth-order valence-corrected chi connectivity index (χ4v) is 8.57. The van der Waals surface area contributed by atoms with Crippen LogP contribution >= 0.6 is 0 Å². The van der Waals surface area contributed by atoms with E-state index in [1.165, 1.54) is 193 Å². The van der Waals surface area contributed by atoms with Gasteiger partial charge >= 0.3 is 17.9 Å². The fourth-order valence-electron chi connectivity index (χ4n) is 8.57. The second kappa shape index (κ2) is 57.7. The van der Waals surface area contributed by atoms with Crippen LogP contribution in [0.3, 0.4) is 0 Å². The molecule has 0 bridgehead atoms. The van der Waals surface area contributed by atoms with Gasteiger partial charge in [0.1, 0.15) is 13.2 Å². The van der Waals surface area contributed by atoms with E-state index in [9.17, 15) is 14.4 Å². The number of carbonyl (C=O) groups excluding carboxylic acids is 3. The number of carbonyl (C=O) groups is 3. The van der Waals surface area contributed by atoms with Gasteiger partial charge in [0.05, 0.1) is 0 Å². The molecule has 0 spiro atoms. The van der Waals surface area contributed by atoms with Gasteiger partial charge in [-0.3, -0.25) is 14.4 Å². The number of allylic oxidation sites excluding steroid dienone is 10. The summed E-state index contributed by atoms with van der Waals surface area (Å²) < 4.78 is 16.7. The molecule has 0 aliphatic rings. The largest absolute Gasteiger partial charge is 0.462 e. The lowest BCUT2D eigenvalue weighted by atomic mass is 10.0. The Morgan fingerprint density at radius 2 is 0.594 bits per heavy atom. The van der Waals surface area contributed by atoms with Crippen molar-refractivity contribution in [3.8, 4) is 0 Å². The van der Waals surface area contributed by atoms with Crippen molar-refractivity contribution in [1.82, 2.24) is 0 Å². The van der Waals surface area contributed by atoms with Gasteiger partial charge in [-0.2, -0.15) is 0 Å². The molecule has 0 N–H and O–H groups in total. The maximum absolute atomic E-state index is 12.7. The molecule has 1 unspecified atom stereocenters. The maximum Gasteiger partial charge on any atom is 0.306 e. The highest BCUT2D eigenvalue weighted by atomic mass is 16.6. The van der Waals surface area contributed by atoms with Crippen LogP contribution in [0.2, 0.25) is 0 Å². The normalized spacial score (nSPS) is 12.4. The van der Waals surface area contributed by atoms with Crippen LogP contribution in [0.15, 0.2) is 60.8 Å². The first kappa shape index (κ1) is 66.1. The van der Waals surface area contributed by atoms with E-state index in [2.05, 4.69) is 75.5 Å². The van der Waals surface area contributed by atoms with Crippen molar-refractivity contribution >= 4 is 17.9 Å². The SMILES string of the molecule is CC/C=C\C/C=C\C/C=C\C/C=C\CCC(=O)OC(COC(=O)CCCCCCCCCCC)COC(=O)CCCCCCCCCCCCCCCCCCC/C=C\CCCCCCCCCC. The second-order valence-corrected chi connectivity index (χ2v) is 19.9. The van der Waals surface area contributed by atoms with Crippen molar-refractivity contribution in [2.45, 2.75) is 309 Å². The molecular formula is C63H112O6. The molecule has 0 aromatic heterocycles. The van der Waals surface area contributed by atoms with Crippen LogP contribution in [0.5, 0.6) is 0 Å². The van der Waals surface area contributed by atoms with Gasteiger partial charge in [0.2, 0.25) is 0 Å². The highest BCUT2D eigenvalue weighted by Crippen LogP contribution is 2.17. The van der Waals surface area contributed by atoms with Crippen LogP contribution in [-0.2, 0) is 28.6 Å². The molecule has 0 amide bonds. The van der Waals surface area contributed by atoms with E-state index in [1.54, 1.807) is 0 Å². The molecule has 0 fully saturated rings. The molecule has 0 aromatic rings. The molecule has 0 aliphatic heterocycles. The van der Waals surface area contributed by atoms with E-state index >= 15 is 0 Å².